The summed E-state index contributed by atoms with van der Waals surface area (Å²) in [6.45, 7) is 1.43. The number of carbonyl (C=O) groups excluding carboxylic acids is 1. The lowest BCUT2D eigenvalue weighted by molar-refractivity contribution is 0.0943. The maximum atomic E-state index is 11.6. The molecular weight excluding hydrogens is 192 g/mol. The molecule has 0 bridgehead atoms. The Labute approximate surface area is 88.8 Å². The molecule has 0 saturated heterocycles. The standard InChI is InChI=1S/C11H16N2O2/c12-5-4-11(2-3-11)8-13-10(14)9-1-6-15-7-9/h1,6-7H,2-5,8,12H2,(H,13,14). The quantitative estimate of drug-likeness (QED) is 0.762. The molecule has 1 fully saturated rings. The average molecular weight is 208 g/mol. The van der Waals surface area contributed by atoms with Crippen molar-refractivity contribution >= 4 is 5.91 Å². The zero-order chi connectivity index (χ0) is 10.7. The molecule has 82 valence electrons. The summed E-state index contributed by atoms with van der Waals surface area (Å²) < 4.78 is 4.85. The summed E-state index contributed by atoms with van der Waals surface area (Å²) in [5, 5.41) is 2.92. The van der Waals surface area contributed by atoms with E-state index in [9.17, 15) is 4.79 Å². The van der Waals surface area contributed by atoms with Crippen molar-refractivity contribution in [2.24, 2.45) is 11.1 Å². The molecule has 1 saturated carbocycles. The van der Waals surface area contributed by atoms with Gasteiger partial charge in [-0.1, -0.05) is 0 Å². The highest BCUT2D eigenvalue weighted by atomic mass is 16.3. The maximum absolute atomic E-state index is 11.6. The zero-order valence-electron chi connectivity index (χ0n) is 8.66. The molecule has 0 unspecified atom stereocenters. The molecule has 1 aliphatic carbocycles. The second-order valence-corrected chi connectivity index (χ2v) is 4.23. The Kier molecular flexibility index (Phi) is 2.77. The van der Waals surface area contributed by atoms with Gasteiger partial charge in [0.1, 0.15) is 6.26 Å². The molecule has 0 aliphatic heterocycles. The number of rotatable bonds is 5. The Morgan fingerprint density at radius 1 is 1.60 bits per heavy atom. The third-order valence-corrected chi connectivity index (χ3v) is 3.04. The van der Waals surface area contributed by atoms with Crippen LogP contribution in [0.5, 0.6) is 0 Å². The van der Waals surface area contributed by atoms with Crippen LogP contribution in [0.3, 0.4) is 0 Å². The van der Waals surface area contributed by atoms with Crippen molar-refractivity contribution in [3.8, 4) is 0 Å². The number of carbonyl (C=O) groups is 1. The lowest BCUT2D eigenvalue weighted by atomic mass is 10.0. The number of nitrogens with one attached hydrogen (secondary N) is 1. The molecule has 0 spiro atoms. The monoisotopic (exact) mass is 208 g/mol. The summed E-state index contributed by atoms with van der Waals surface area (Å²) in [5.74, 6) is -0.0629. The smallest absolute Gasteiger partial charge is 0.254 e. The van der Waals surface area contributed by atoms with Gasteiger partial charge in [0.15, 0.2) is 0 Å². The Balaban J connectivity index is 1.81. The molecule has 1 aliphatic rings. The Bertz CT molecular complexity index is 328. The van der Waals surface area contributed by atoms with E-state index in [1.54, 1.807) is 6.07 Å². The molecule has 4 nitrogen and oxygen atoms in total. The SMILES string of the molecule is NCCC1(CNC(=O)c2ccoc2)CC1. The molecule has 0 aromatic carbocycles. The van der Waals surface area contributed by atoms with Gasteiger partial charge in [-0.25, -0.2) is 0 Å². The number of amides is 1. The van der Waals surface area contributed by atoms with Crippen LogP contribution in [-0.4, -0.2) is 19.0 Å². The van der Waals surface area contributed by atoms with E-state index < -0.39 is 0 Å². The zero-order valence-corrected chi connectivity index (χ0v) is 8.66. The van der Waals surface area contributed by atoms with Crippen molar-refractivity contribution in [2.45, 2.75) is 19.3 Å². The fourth-order valence-electron chi connectivity index (χ4n) is 1.76. The first-order chi connectivity index (χ1) is 7.26. The molecular formula is C11H16N2O2. The fourth-order valence-corrected chi connectivity index (χ4v) is 1.76. The molecule has 3 N–H and O–H groups in total. The van der Waals surface area contributed by atoms with Gasteiger partial charge in [-0.05, 0) is 37.3 Å². The Morgan fingerprint density at radius 3 is 2.93 bits per heavy atom. The van der Waals surface area contributed by atoms with E-state index in [1.165, 1.54) is 25.4 Å². The maximum Gasteiger partial charge on any atom is 0.254 e. The predicted octanol–water partition coefficient (Wildman–Crippen LogP) is 1.14. The second-order valence-electron chi connectivity index (χ2n) is 4.23. The molecule has 0 atom stereocenters. The van der Waals surface area contributed by atoms with Crippen LogP contribution in [0.2, 0.25) is 0 Å². The van der Waals surface area contributed by atoms with E-state index in [0.717, 1.165) is 13.0 Å². The van der Waals surface area contributed by atoms with Crippen molar-refractivity contribution in [3.05, 3.63) is 24.2 Å². The van der Waals surface area contributed by atoms with E-state index in [4.69, 9.17) is 10.2 Å². The minimum Gasteiger partial charge on any atom is -0.472 e. The Hall–Kier alpha value is -1.29. The van der Waals surface area contributed by atoms with Crippen molar-refractivity contribution in [1.82, 2.24) is 5.32 Å². The minimum absolute atomic E-state index is 0.0629. The summed E-state index contributed by atoms with van der Waals surface area (Å²) in [5.41, 5.74) is 6.40. The third-order valence-electron chi connectivity index (χ3n) is 3.04. The first kappa shape index (κ1) is 10.2. The van der Waals surface area contributed by atoms with E-state index in [-0.39, 0.29) is 11.3 Å². The summed E-state index contributed by atoms with van der Waals surface area (Å²) >= 11 is 0. The van der Waals surface area contributed by atoms with Gasteiger partial charge in [-0.3, -0.25) is 4.79 Å². The highest BCUT2D eigenvalue weighted by molar-refractivity contribution is 5.93. The average Bonchev–Trinajstić information content (AvgIpc) is 2.81. The molecule has 0 radical (unpaired) electrons. The van der Waals surface area contributed by atoms with Crippen LogP contribution in [0.25, 0.3) is 0 Å². The van der Waals surface area contributed by atoms with Crippen molar-refractivity contribution in [3.63, 3.8) is 0 Å². The van der Waals surface area contributed by atoms with E-state index >= 15 is 0 Å². The third kappa shape index (κ3) is 2.39. The highest BCUT2D eigenvalue weighted by Crippen LogP contribution is 2.47. The van der Waals surface area contributed by atoms with Crippen LogP contribution in [0.1, 0.15) is 29.6 Å². The minimum atomic E-state index is -0.0629. The first-order valence-corrected chi connectivity index (χ1v) is 5.26. The van der Waals surface area contributed by atoms with Crippen molar-refractivity contribution < 1.29 is 9.21 Å². The van der Waals surface area contributed by atoms with Gasteiger partial charge in [0.25, 0.3) is 5.91 Å². The number of hydrogen-bond acceptors (Lipinski definition) is 3. The van der Waals surface area contributed by atoms with Crippen LogP contribution in [0, 0.1) is 5.41 Å². The summed E-state index contributed by atoms with van der Waals surface area (Å²) in [7, 11) is 0. The van der Waals surface area contributed by atoms with Crippen molar-refractivity contribution in [2.75, 3.05) is 13.1 Å². The lowest BCUT2D eigenvalue weighted by Gasteiger charge is -2.14. The van der Waals surface area contributed by atoms with Gasteiger partial charge >= 0.3 is 0 Å². The highest BCUT2D eigenvalue weighted by Gasteiger charge is 2.41. The van der Waals surface area contributed by atoms with Gasteiger partial charge in [-0.2, -0.15) is 0 Å². The van der Waals surface area contributed by atoms with Gasteiger partial charge in [0.05, 0.1) is 11.8 Å². The predicted molar refractivity (Wildman–Crippen MR) is 56.4 cm³/mol. The van der Waals surface area contributed by atoms with Crippen LogP contribution in [-0.2, 0) is 0 Å². The number of nitrogens with two attached hydrogens (primary N) is 1. The van der Waals surface area contributed by atoms with Crippen LogP contribution in [0.15, 0.2) is 23.0 Å². The van der Waals surface area contributed by atoms with Crippen LogP contribution < -0.4 is 11.1 Å². The molecule has 1 aromatic rings. The van der Waals surface area contributed by atoms with E-state index in [2.05, 4.69) is 5.32 Å². The van der Waals surface area contributed by atoms with E-state index in [1.807, 2.05) is 0 Å². The molecule has 1 heterocycles. The second kappa shape index (κ2) is 4.06. The molecule has 1 aromatic heterocycles. The topological polar surface area (TPSA) is 68.3 Å². The molecule has 2 rings (SSSR count). The fraction of sp³-hybridized carbons (Fsp3) is 0.545. The summed E-state index contributed by atoms with van der Waals surface area (Å²) in [4.78, 5) is 11.6. The van der Waals surface area contributed by atoms with Crippen LogP contribution >= 0.6 is 0 Å². The van der Waals surface area contributed by atoms with Crippen molar-refractivity contribution in [1.29, 1.82) is 0 Å². The molecule has 15 heavy (non-hydrogen) atoms. The normalized spacial score (nSPS) is 17.4. The largest absolute Gasteiger partial charge is 0.472 e. The summed E-state index contributed by atoms with van der Waals surface area (Å²) in [6.07, 6.45) is 6.31. The molecule has 1 amide bonds. The molecule has 4 heteroatoms. The number of furan rings is 1. The lowest BCUT2D eigenvalue weighted by Crippen LogP contribution is -2.31. The van der Waals surface area contributed by atoms with Gasteiger partial charge in [-0.15, -0.1) is 0 Å². The van der Waals surface area contributed by atoms with E-state index in [0.29, 0.717) is 12.1 Å². The van der Waals surface area contributed by atoms with Crippen LogP contribution in [0.4, 0.5) is 0 Å². The summed E-state index contributed by atoms with van der Waals surface area (Å²) in [6, 6.07) is 1.66. The number of hydrogen-bond donors (Lipinski definition) is 2. The van der Waals surface area contributed by atoms with Gasteiger partial charge < -0.3 is 15.5 Å². The van der Waals surface area contributed by atoms with Gasteiger partial charge in [0, 0.05) is 6.54 Å². The first-order valence-electron chi connectivity index (χ1n) is 5.26. The Morgan fingerprint density at radius 2 is 2.40 bits per heavy atom. The van der Waals surface area contributed by atoms with Gasteiger partial charge in [0.2, 0.25) is 0 Å².